The second kappa shape index (κ2) is 10.8. The lowest BCUT2D eigenvalue weighted by Crippen LogP contribution is -2.38. The summed E-state index contributed by atoms with van der Waals surface area (Å²) < 4.78 is 11.2. The Balaban J connectivity index is 3.96. The van der Waals surface area contributed by atoms with Crippen molar-refractivity contribution in [1.29, 1.82) is 0 Å². The van der Waals surface area contributed by atoms with Crippen molar-refractivity contribution in [3.8, 4) is 0 Å². The first-order valence-corrected chi connectivity index (χ1v) is 7.74. The Bertz CT molecular complexity index is 176. The third kappa shape index (κ3) is 6.75. The topological polar surface area (TPSA) is 18.5 Å². The molecule has 0 saturated carbocycles. The van der Waals surface area contributed by atoms with Crippen LogP contribution in [0.4, 0.5) is 0 Å². The molecule has 110 valence electrons. The van der Waals surface area contributed by atoms with Crippen molar-refractivity contribution >= 4 is 0 Å². The SMILES string of the molecule is CCCCCCCCC(CCC)C(C)(OC)OC. The predicted octanol–water partition coefficient (Wildman–Crippen LogP) is 5.16. The zero-order chi connectivity index (χ0) is 13.9. The fraction of sp³-hybridized carbons (Fsp3) is 1.00. The van der Waals surface area contributed by atoms with Crippen LogP contribution in [-0.2, 0) is 9.47 Å². The van der Waals surface area contributed by atoms with E-state index in [0.29, 0.717) is 5.92 Å². The molecule has 2 heteroatoms. The molecule has 2 nitrogen and oxygen atoms in total. The van der Waals surface area contributed by atoms with Gasteiger partial charge in [-0.1, -0.05) is 58.8 Å². The molecule has 0 heterocycles. The summed E-state index contributed by atoms with van der Waals surface area (Å²) in [5.41, 5.74) is 0. The Morgan fingerprint density at radius 1 is 0.778 bits per heavy atom. The van der Waals surface area contributed by atoms with Gasteiger partial charge < -0.3 is 9.47 Å². The van der Waals surface area contributed by atoms with Crippen LogP contribution in [0.2, 0.25) is 0 Å². The maximum absolute atomic E-state index is 5.58. The Labute approximate surface area is 114 Å². The quantitative estimate of drug-likeness (QED) is 0.355. The van der Waals surface area contributed by atoms with Gasteiger partial charge in [-0.05, 0) is 19.8 Å². The first-order chi connectivity index (χ1) is 8.64. The molecule has 0 amide bonds. The van der Waals surface area contributed by atoms with Gasteiger partial charge in [-0.25, -0.2) is 0 Å². The van der Waals surface area contributed by atoms with Crippen molar-refractivity contribution < 1.29 is 9.47 Å². The van der Waals surface area contributed by atoms with Crippen molar-refractivity contribution in [2.45, 2.75) is 84.3 Å². The van der Waals surface area contributed by atoms with Gasteiger partial charge in [-0.3, -0.25) is 0 Å². The molecule has 0 radical (unpaired) electrons. The Morgan fingerprint density at radius 2 is 1.33 bits per heavy atom. The fourth-order valence-corrected chi connectivity index (χ4v) is 2.60. The van der Waals surface area contributed by atoms with Crippen LogP contribution in [0.5, 0.6) is 0 Å². The standard InChI is InChI=1S/C16H34O2/c1-6-8-9-10-11-12-14-15(13-7-2)16(3,17-4)18-5/h15H,6-14H2,1-5H3. The van der Waals surface area contributed by atoms with Crippen LogP contribution < -0.4 is 0 Å². The van der Waals surface area contributed by atoms with E-state index >= 15 is 0 Å². The molecule has 0 aliphatic heterocycles. The second-order valence-corrected chi connectivity index (χ2v) is 5.47. The molecule has 1 atom stereocenters. The fourth-order valence-electron chi connectivity index (χ4n) is 2.60. The van der Waals surface area contributed by atoms with Crippen molar-refractivity contribution in [3.63, 3.8) is 0 Å². The van der Waals surface area contributed by atoms with Crippen molar-refractivity contribution in [1.82, 2.24) is 0 Å². The minimum Gasteiger partial charge on any atom is -0.353 e. The van der Waals surface area contributed by atoms with Gasteiger partial charge in [0.1, 0.15) is 0 Å². The lowest BCUT2D eigenvalue weighted by molar-refractivity contribution is -0.230. The molecule has 1 unspecified atom stereocenters. The summed E-state index contributed by atoms with van der Waals surface area (Å²) in [5, 5.41) is 0. The van der Waals surface area contributed by atoms with Gasteiger partial charge in [0, 0.05) is 20.1 Å². The van der Waals surface area contributed by atoms with Gasteiger partial charge in [0.05, 0.1) is 0 Å². The lowest BCUT2D eigenvalue weighted by Gasteiger charge is -2.35. The molecule has 0 rings (SSSR count). The van der Waals surface area contributed by atoms with Gasteiger partial charge in [0.25, 0.3) is 0 Å². The van der Waals surface area contributed by atoms with Crippen LogP contribution in [0, 0.1) is 5.92 Å². The number of ether oxygens (including phenoxy) is 2. The van der Waals surface area contributed by atoms with Crippen molar-refractivity contribution in [2.24, 2.45) is 5.92 Å². The monoisotopic (exact) mass is 258 g/mol. The zero-order valence-electron chi connectivity index (χ0n) is 13.3. The summed E-state index contributed by atoms with van der Waals surface area (Å²) in [6, 6.07) is 0. The molecule has 0 spiro atoms. The van der Waals surface area contributed by atoms with Crippen LogP contribution in [0.15, 0.2) is 0 Å². The Kier molecular flexibility index (Phi) is 10.8. The van der Waals surface area contributed by atoms with E-state index in [4.69, 9.17) is 9.47 Å². The second-order valence-electron chi connectivity index (χ2n) is 5.47. The van der Waals surface area contributed by atoms with Crippen LogP contribution in [0.3, 0.4) is 0 Å². The molecule has 0 aromatic rings. The Hall–Kier alpha value is -0.0800. The van der Waals surface area contributed by atoms with Gasteiger partial charge >= 0.3 is 0 Å². The molecule has 0 saturated heterocycles. The summed E-state index contributed by atoms with van der Waals surface area (Å²) in [6.45, 7) is 6.57. The maximum Gasteiger partial charge on any atom is 0.167 e. The molecule has 0 N–H and O–H groups in total. The molecule has 0 fully saturated rings. The van der Waals surface area contributed by atoms with Crippen LogP contribution in [-0.4, -0.2) is 20.0 Å². The van der Waals surface area contributed by atoms with Gasteiger partial charge in [0.15, 0.2) is 5.79 Å². The summed E-state index contributed by atoms with van der Waals surface area (Å²) in [6.07, 6.45) is 11.7. The summed E-state index contributed by atoms with van der Waals surface area (Å²) in [5.74, 6) is 0.114. The van der Waals surface area contributed by atoms with Gasteiger partial charge in [-0.2, -0.15) is 0 Å². The smallest absolute Gasteiger partial charge is 0.167 e. The van der Waals surface area contributed by atoms with Crippen molar-refractivity contribution in [3.05, 3.63) is 0 Å². The van der Waals surface area contributed by atoms with Crippen LogP contribution in [0.25, 0.3) is 0 Å². The minimum absolute atomic E-state index is 0.403. The predicted molar refractivity (Wildman–Crippen MR) is 78.8 cm³/mol. The number of rotatable bonds is 12. The molecule has 0 aliphatic rings. The number of unbranched alkanes of at least 4 members (excludes halogenated alkanes) is 5. The van der Waals surface area contributed by atoms with E-state index in [9.17, 15) is 0 Å². The molecule has 0 aromatic heterocycles. The van der Waals surface area contributed by atoms with E-state index in [1.807, 2.05) is 0 Å². The Morgan fingerprint density at radius 3 is 1.83 bits per heavy atom. The average Bonchev–Trinajstić information content (AvgIpc) is 2.40. The molecule has 0 bridgehead atoms. The highest BCUT2D eigenvalue weighted by molar-refractivity contribution is 4.74. The molecule has 0 aromatic carbocycles. The molecule has 18 heavy (non-hydrogen) atoms. The third-order valence-electron chi connectivity index (χ3n) is 4.10. The van der Waals surface area contributed by atoms with Gasteiger partial charge in [-0.15, -0.1) is 0 Å². The summed E-state index contributed by atoms with van der Waals surface area (Å²) in [7, 11) is 3.51. The van der Waals surface area contributed by atoms with E-state index in [0.717, 1.165) is 0 Å². The number of hydrogen-bond acceptors (Lipinski definition) is 2. The maximum atomic E-state index is 5.58. The highest BCUT2D eigenvalue weighted by Crippen LogP contribution is 2.31. The number of hydrogen-bond donors (Lipinski definition) is 0. The van der Waals surface area contributed by atoms with Crippen LogP contribution >= 0.6 is 0 Å². The van der Waals surface area contributed by atoms with E-state index in [-0.39, 0.29) is 0 Å². The number of methoxy groups -OCH3 is 2. The normalized spacial score (nSPS) is 13.8. The highest BCUT2D eigenvalue weighted by Gasteiger charge is 2.32. The van der Waals surface area contributed by atoms with E-state index < -0.39 is 5.79 Å². The highest BCUT2D eigenvalue weighted by atomic mass is 16.7. The van der Waals surface area contributed by atoms with Crippen LogP contribution in [0.1, 0.15) is 78.6 Å². The largest absolute Gasteiger partial charge is 0.353 e. The molecular weight excluding hydrogens is 224 g/mol. The zero-order valence-corrected chi connectivity index (χ0v) is 13.3. The first-order valence-electron chi connectivity index (χ1n) is 7.74. The first kappa shape index (κ1) is 17.9. The van der Waals surface area contributed by atoms with E-state index in [1.165, 1.54) is 57.8 Å². The average molecular weight is 258 g/mol. The summed E-state index contributed by atoms with van der Waals surface area (Å²) >= 11 is 0. The molecule has 0 aliphatic carbocycles. The van der Waals surface area contributed by atoms with Gasteiger partial charge in [0.2, 0.25) is 0 Å². The van der Waals surface area contributed by atoms with E-state index in [1.54, 1.807) is 14.2 Å². The minimum atomic E-state index is -0.403. The molecular formula is C16H34O2. The van der Waals surface area contributed by atoms with Crippen molar-refractivity contribution in [2.75, 3.05) is 14.2 Å². The summed E-state index contributed by atoms with van der Waals surface area (Å²) in [4.78, 5) is 0. The van der Waals surface area contributed by atoms with E-state index in [2.05, 4.69) is 20.8 Å². The third-order valence-corrected chi connectivity index (χ3v) is 4.10. The lowest BCUT2D eigenvalue weighted by atomic mass is 9.89.